The minimum atomic E-state index is -2.90. The van der Waals surface area contributed by atoms with Crippen molar-refractivity contribution in [3.05, 3.63) is 0 Å². The van der Waals surface area contributed by atoms with Gasteiger partial charge in [-0.25, -0.2) is 8.42 Å². The van der Waals surface area contributed by atoms with Crippen molar-refractivity contribution < 1.29 is 13.2 Å². The molecule has 0 radical (unpaired) electrons. The zero-order valence-electron chi connectivity index (χ0n) is 8.82. The average Bonchev–Trinajstić information content (AvgIpc) is 2.82. The molecule has 0 bridgehead atoms. The Hall–Kier alpha value is -0.380. The van der Waals surface area contributed by atoms with Gasteiger partial charge in [0.25, 0.3) is 0 Å². The van der Waals surface area contributed by atoms with Crippen LogP contribution < -0.4 is 0 Å². The Kier molecular flexibility index (Phi) is 3.70. The van der Waals surface area contributed by atoms with E-state index in [-0.39, 0.29) is 17.5 Å². The van der Waals surface area contributed by atoms with Gasteiger partial charge in [-0.2, -0.15) is 0 Å². The Labute approximate surface area is 85.8 Å². The maximum Gasteiger partial charge on any atom is 0.147 e. The Morgan fingerprint density at radius 2 is 2.00 bits per heavy atom. The molecule has 1 unspecified atom stereocenters. The molecule has 1 aliphatic rings. The van der Waals surface area contributed by atoms with Crippen molar-refractivity contribution in [3.8, 4) is 0 Å². The van der Waals surface area contributed by atoms with Crippen LogP contribution in [-0.2, 0) is 14.6 Å². The van der Waals surface area contributed by atoms with Gasteiger partial charge >= 0.3 is 0 Å². The molecule has 0 aromatic rings. The zero-order chi connectivity index (χ0) is 10.8. The van der Waals surface area contributed by atoms with Crippen LogP contribution in [0.1, 0.15) is 32.6 Å². The molecule has 0 amide bonds. The van der Waals surface area contributed by atoms with Crippen LogP contribution in [0.3, 0.4) is 0 Å². The monoisotopic (exact) mass is 218 g/mol. The minimum Gasteiger partial charge on any atom is -0.299 e. The van der Waals surface area contributed by atoms with Crippen molar-refractivity contribution in [1.82, 2.24) is 0 Å². The summed E-state index contributed by atoms with van der Waals surface area (Å²) in [5, 5.41) is 0. The second-order valence-corrected chi connectivity index (χ2v) is 6.59. The quantitative estimate of drug-likeness (QED) is 0.677. The van der Waals surface area contributed by atoms with Crippen LogP contribution in [0.2, 0.25) is 0 Å². The molecule has 4 heteroatoms. The number of hydrogen-bond acceptors (Lipinski definition) is 3. The SMILES string of the molecule is CC(C(=O)CCCS(C)(=O)=O)C1CC1. The summed E-state index contributed by atoms with van der Waals surface area (Å²) in [7, 11) is -2.90. The first-order valence-corrected chi connectivity index (χ1v) is 7.16. The smallest absolute Gasteiger partial charge is 0.147 e. The van der Waals surface area contributed by atoms with Crippen LogP contribution in [0.5, 0.6) is 0 Å². The molecule has 1 fully saturated rings. The normalized spacial score (nSPS) is 19.3. The van der Waals surface area contributed by atoms with E-state index in [0.717, 1.165) is 0 Å². The van der Waals surface area contributed by atoms with Crippen molar-refractivity contribution in [2.75, 3.05) is 12.0 Å². The molecular weight excluding hydrogens is 200 g/mol. The molecule has 0 N–H and O–H groups in total. The highest BCUT2D eigenvalue weighted by molar-refractivity contribution is 7.90. The van der Waals surface area contributed by atoms with Gasteiger partial charge in [-0.05, 0) is 25.2 Å². The van der Waals surface area contributed by atoms with E-state index in [4.69, 9.17) is 0 Å². The summed E-state index contributed by atoms with van der Waals surface area (Å²) in [6.45, 7) is 1.96. The molecule has 3 nitrogen and oxygen atoms in total. The number of carbonyl (C=O) groups is 1. The molecule has 1 aliphatic carbocycles. The van der Waals surface area contributed by atoms with Gasteiger partial charge in [0.05, 0.1) is 5.75 Å². The van der Waals surface area contributed by atoms with Gasteiger partial charge in [0.2, 0.25) is 0 Å². The largest absolute Gasteiger partial charge is 0.299 e. The second-order valence-electron chi connectivity index (χ2n) is 4.33. The number of sulfone groups is 1. The minimum absolute atomic E-state index is 0.135. The highest BCUT2D eigenvalue weighted by Gasteiger charge is 2.31. The number of hydrogen-bond donors (Lipinski definition) is 0. The summed E-state index contributed by atoms with van der Waals surface area (Å²) in [5.74, 6) is 1.10. The summed E-state index contributed by atoms with van der Waals surface area (Å²) in [6.07, 6.45) is 4.44. The number of ketones is 1. The standard InChI is InChI=1S/C10H18O3S/c1-8(9-5-6-9)10(11)4-3-7-14(2,12)13/h8-9H,3-7H2,1-2H3. The topological polar surface area (TPSA) is 51.2 Å². The van der Waals surface area contributed by atoms with Crippen molar-refractivity contribution in [1.29, 1.82) is 0 Å². The first kappa shape index (κ1) is 11.7. The Morgan fingerprint density at radius 1 is 1.43 bits per heavy atom. The molecule has 0 spiro atoms. The Bertz CT molecular complexity index is 301. The third-order valence-corrected chi connectivity index (χ3v) is 3.81. The predicted molar refractivity (Wildman–Crippen MR) is 55.8 cm³/mol. The summed E-state index contributed by atoms with van der Waals surface area (Å²) in [6, 6.07) is 0. The molecule has 0 aromatic heterocycles. The number of carbonyl (C=O) groups excluding carboxylic acids is 1. The highest BCUT2D eigenvalue weighted by Crippen LogP contribution is 2.37. The van der Waals surface area contributed by atoms with Crippen molar-refractivity contribution in [2.24, 2.45) is 11.8 Å². The molecule has 14 heavy (non-hydrogen) atoms. The molecule has 0 saturated heterocycles. The van der Waals surface area contributed by atoms with Gasteiger partial charge < -0.3 is 0 Å². The van der Waals surface area contributed by atoms with E-state index in [0.29, 0.717) is 18.8 Å². The van der Waals surface area contributed by atoms with E-state index in [2.05, 4.69) is 0 Å². The lowest BCUT2D eigenvalue weighted by atomic mass is 9.98. The first-order valence-electron chi connectivity index (χ1n) is 5.10. The van der Waals surface area contributed by atoms with Gasteiger partial charge in [0, 0.05) is 18.6 Å². The molecular formula is C10H18O3S. The fourth-order valence-corrected chi connectivity index (χ4v) is 2.26. The summed E-state index contributed by atoms with van der Waals surface area (Å²) >= 11 is 0. The third kappa shape index (κ3) is 4.22. The van der Waals surface area contributed by atoms with E-state index in [9.17, 15) is 13.2 Å². The van der Waals surface area contributed by atoms with E-state index in [1.54, 1.807) is 0 Å². The lowest BCUT2D eigenvalue weighted by Crippen LogP contribution is -2.14. The summed E-state index contributed by atoms with van der Waals surface area (Å²) in [4.78, 5) is 11.5. The van der Waals surface area contributed by atoms with Gasteiger partial charge in [-0.15, -0.1) is 0 Å². The maximum atomic E-state index is 11.5. The van der Waals surface area contributed by atoms with E-state index in [1.807, 2.05) is 6.92 Å². The van der Waals surface area contributed by atoms with Gasteiger partial charge in [-0.1, -0.05) is 6.92 Å². The lowest BCUT2D eigenvalue weighted by molar-refractivity contribution is -0.122. The molecule has 82 valence electrons. The zero-order valence-corrected chi connectivity index (χ0v) is 9.64. The predicted octanol–water partition coefficient (Wildman–Crippen LogP) is 1.43. The van der Waals surface area contributed by atoms with E-state index < -0.39 is 9.84 Å². The summed E-state index contributed by atoms with van der Waals surface area (Å²) < 4.78 is 21.6. The molecule has 0 heterocycles. The number of Topliss-reactive ketones (excluding diaryl/α,β-unsaturated/α-hetero) is 1. The highest BCUT2D eigenvalue weighted by atomic mass is 32.2. The van der Waals surface area contributed by atoms with Crippen molar-refractivity contribution >= 4 is 15.6 Å². The Morgan fingerprint density at radius 3 is 2.43 bits per heavy atom. The average molecular weight is 218 g/mol. The van der Waals surface area contributed by atoms with E-state index in [1.165, 1.54) is 19.1 Å². The van der Waals surface area contributed by atoms with Crippen LogP contribution in [0.25, 0.3) is 0 Å². The van der Waals surface area contributed by atoms with E-state index >= 15 is 0 Å². The lowest BCUT2D eigenvalue weighted by Gasteiger charge is -2.07. The molecule has 0 aliphatic heterocycles. The molecule has 1 atom stereocenters. The van der Waals surface area contributed by atoms with Gasteiger partial charge in [0.1, 0.15) is 15.6 Å². The van der Waals surface area contributed by atoms with Crippen LogP contribution in [0.4, 0.5) is 0 Å². The van der Waals surface area contributed by atoms with Crippen molar-refractivity contribution in [3.63, 3.8) is 0 Å². The fraction of sp³-hybridized carbons (Fsp3) is 0.900. The van der Waals surface area contributed by atoms with Crippen LogP contribution >= 0.6 is 0 Å². The third-order valence-electron chi connectivity index (χ3n) is 2.78. The van der Waals surface area contributed by atoms with Crippen molar-refractivity contribution in [2.45, 2.75) is 32.6 Å². The molecule has 1 rings (SSSR count). The molecule has 1 saturated carbocycles. The maximum absolute atomic E-state index is 11.5. The second kappa shape index (κ2) is 4.43. The van der Waals surface area contributed by atoms with Crippen LogP contribution in [-0.4, -0.2) is 26.2 Å². The van der Waals surface area contributed by atoms with Crippen LogP contribution in [0.15, 0.2) is 0 Å². The molecule has 0 aromatic carbocycles. The Balaban J connectivity index is 2.20. The summed E-state index contributed by atoms with van der Waals surface area (Å²) in [5.41, 5.74) is 0. The van der Waals surface area contributed by atoms with Gasteiger partial charge in [0.15, 0.2) is 0 Å². The first-order chi connectivity index (χ1) is 6.40. The van der Waals surface area contributed by atoms with Crippen LogP contribution in [0, 0.1) is 11.8 Å². The fourth-order valence-electron chi connectivity index (χ4n) is 1.60. The van der Waals surface area contributed by atoms with Gasteiger partial charge in [-0.3, -0.25) is 4.79 Å². The number of rotatable bonds is 6.